The summed E-state index contributed by atoms with van der Waals surface area (Å²) in [6.45, 7) is 5.24. The highest BCUT2D eigenvalue weighted by atomic mass is 16.5. The maximum absolute atomic E-state index is 12.9. The number of benzene rings is 1. The van der Waals surface area contributed by atoms with Crippen molar-refractivity contribution in [3.05, 3.63) is 59.3 Å². The van der Waals surface area contributed by atoms with Gasteiger partial charge in [-0.2, -0.15) is 10.1 Å². The molecule has 6 rings (SSSR count). The summed E-state index contributed by atoms with van der Waals surface area (Å²) in [6, 6.07) is 9.83. The number of morpholine rings is 1. The third kappa shape index (κ3) is 3.53. The first-order valence-electron chi connectivity index (χ1n) is 11.0. The fraction of sp³-hybridized carbons (Fsp3) is 0.304. The second-order valence-corrected chi connectivity index (χ2v) is 8.26. The number of para-hydroxylation sites is 1. The minimum Gasteiger partial charge on any atom is -0.379 e. The molecule has 0 saturated carbocycles. The largest absolute Gasteiger partial charge is 0.379 e. The average Bonchev–Trinajstić information content (AvgIpc) is 3.46. The molecule has 5 aromatic rings. The lowest BCUT2D eigenvalue weighted by Gasteiger charge is -2.26. The highest BCUT2D eigenvalue weighted by Gasteiger charge is 2.15. The minimum atomic E-state index is -0.0791. The van der Waals surface area contributed by atoms with Gasteiger partial charge in [0.25, 0.3) is 5.56 Å². The van der Waals surface area contributed by atoms with E-state index in [0.717, 1.165) is 56.0 Å². The van der Waals surface area contributed by atoms with Crippen molar-refractivity contribution in [2.24, 2.45) is 7.05 Å². The zero-order valence-electron chi connectivity index (χ0n) is 18.3. The fourth-order valence-electron chi connectivity index (χ4n) is 4.40. The third-order valence-electron chi connectivity index (χ3n) is 6.20. The Morgan fingerprint density at radius 2 is 1.91 bits per heavy atom. The van der Waals surface area contributed by atoms with Crippen LogP contribution in [-0.2, 0) is 18.3 Å². The van der Waals surface area contributed by atoms with E-state index >= 15 is 0 Å². The number of aromatic nitrogens is 6. The van der Waals surface area contributed by atoms with Crippen LogP contribution in [0, 0.1) is 0 Å². The van der Waals surface area contributed by atoms with E-state index in [1.807, 2.05) is 45.6 Å². The number of hydrogen-bond acceptors (Lipinski definition) is 7. The van der Waals surface area contributed by atoms with Crippen molar-refractivity contribution >= 4 is 39.2 Å². The van der Waals surface area contributed by atoms with Gasteiger partial charge < -0.3 is 14.6 Å². The molecule has 168 valence electrons. The lowest BCUT2D eigenvalue weighted by Crippen LogP contribution is -2.38. The van der Waals surface area contributed by atoms with Crippen LogP contribution in [0.2, 0.25) is 0 Å². The zero-order valence-corrected chi connectivity index (χ0v) is 18.3. The number of nitrogens with zero attached hydrogens (tertiary/aromatic N) is 7. The maximum atomic E-state index is 12.9. The molecule has 0 aliphatic carbocycles. The van der Waals surface area contributed by atoms with Crippen LogP contribution in [0.5, 0.6) is 0 Å². The van der Waals surface area contributed by atoms with Gasteiger partial charge in [0, 0.05) is 38.3 Å². The number of nitrogens with one attached hydrogen (secondary N) is 1. The van der Waals surface area contributed by atoms with Gasteiger partial charge in [-0.3, -0.25) is 18.8 Å². The van der Waals surface area contributed by atoms with Gasteiger partial charge in [0.05, 0.1) is 43.4 Å². The molecule has 0 spiro atoms. The molecule has 0 unspecified atom stereocenters. The van der Waals surface area contributed by atoms with Crippen molar-refractivity contribution in [3.8, 4) is 0 Å². The summed E-state index contributed by atoms with van der Waals surface area (Å²) < 4.78 is 10.8. The van der Waals surface area contributed by atoms with Crippen LogP contribution < -0.4 is 10.9 Å². The van der Waals surface area contributed by atoms with Crippen LogP contribution in [0.4, 0.5) is 11.6 Å². The molecule has 0 radical (unpaired) electrons. The first kappa shape index (κ1) is 19.9. The number of ether oxygens (including phenoxy) is 1. The normalized spacial score (nSPS) is 15.1. The predicted octanol–water partition coefficient (Wildman–Crippen LogP) is 2.01. The van der Waals surface area contributed by atoms with Crippen molar-refractivity contribution in [2.45, 2.75) is 6.54 Å². The van der Waals surface area contributed by atoms with Gasteiger partial charge in [-0.25, -0.2) is 4.98 Å². The molecule has 1 N–H and O–H groups in total. The van der Waals surface area contributed by atoms with E-state index in [9.17, 15) is 4.79 Å². The molecule has 4 aromatic heterocycles. The van der Waals surface area contributed by atoms with Crippen LogP contribution in [0.25, 0.3) is 27.6 Å². The molecule has 1 aromatic carbocycles. The standard InChI is InChI=1S/C23H24N8O2/c1-28-20-14-24-23(26-17-13-25-30(15-17)7-6-29-8-10-33-11-9-29)27-21(20)31-18-5-3-2-4-16(18)12-19(31)22(28)32/h2-5,12-15H,6-11H2,1H3,(H,24,26,27). The number of hydrogen-bond donors (Lipinski definition) is 1. The monoisotopic (exact) mass is 444 g/mol. The fourth-order valence-corrected chi connectivity index (χ4v) is 4.40. The Morgan fingerprint density at radius 1 is 1.06 bits per heavy atom. The maximum Gasteiger partial charge on any atom is 0.275 e. The van der Waals surface area contributed by atoms with Gasteiger partial charge in [-0.15, -0.1) is 0 Å². The second kappa shape index (κ2) is 7.98. The molecule has 1 fully saturated rings. The molecule has 5 heterocycles. The Hall–Kier alpha value is -3.76. The first-order valence-corrected chi connectivity index (χ1v) is 11.0. The summed E-state index contributed by atoms with van der Waals surface area (Å²) in [5, 5.41) is 8.71. The smallest absolute Gasteiger partial charge is 0.275 e. The van der Waals surface area contributed by atoms with Crippen molar-refractivity contribution < 1.29 is 4.74 Å². The molecule has 1 saturated heterocycles. The van der Waals surface area contributed by atoms with Crippen LogP contribution in [0.1, 0.15) is 0 Å². The van der Waals surface area contributed by atoms with Gasteiger partial charge in [0.2, 0.25) is 5.95 Å². The molecule has 10 nitrogen and oxygen atoms in total. The molecule has 33 heavy (non-hydrogen) atoms. The van der Waals surface area contributed by atoms with Crippen molar-refractivity contribution in [2.75, 3.05) is 38.2 Å². The number of anilines is 2. The van der Waals surface area contributed by atoms with Crippen LogP contribution in [0.3, 0.4) is 0 Å². The minimum absolute atomic E-state index is 0.0791. The molecule has 0 amide bonds. The van der Waals surface area contributed by atoms with E-state index in [-0.39, 0.29) is 5.56 Å². The number of aryl methyl sites for hydroxylation is 1. The predicted molar refractivity (Wildman–Crippen MR) is 126 cm³/mol. The Kier molecular flexibility index (Phi) is 4.81. The summed E-state index contributed by atoms with van der Waals surface area (Å²) in [6.07, 6.45) is 5.41. The van der Waals surface area contributed by atoms with Gasteiger partial charge in [-0.05, 0) is 12.1 Å². The third-order valence-corrected chi connectivity index (χ3v) is 6.20. The number of fused-ring (bicyclic) bond motifs is 5. The summed E-state index contributed by atoms with van der Waals surface area (Å²) in [5.74, 6) is 0.452. The van der Waals surface area contributed by atoms with Gasteiger partial charge in [-0.1, -0.05) is 18.2 Å². The van der Waals surface area contributed by atoms with Crippen molar-refractivity contribution in [1.29, 1.82) is 0 Å². The second-order valence-electron chi connectivity index (χ2n) is 8.26. The molecule has 1 aliphatic rings. The van der Waals surface area contributed by atoms with E-state index in [1.54, 1.807) is 24.0 Å². The molecule has 10 heteroatoms. The van der Waals surface area contributed by atoms with E-state index < -0.39 is 0 Å². The van der Waals surface area contributed by atoms with E-state index in [0.29, 0.717) is 22.6 Å². The first-order chi connectivity index (χ1) is 16.2. The van der Waals surface area contributed by atoms with Crippen LogP contribution in [-0.4, -0.2) is 66.5 Å². The van der Waals surface area contributed by atoms with Gasteiger partial charge in [0.1, 0.15) is 11.0 Å². The molecule has 1 aliphatic heterocycles. The summed E-state index contributed by atoms with van der Waals surface area (Å²) >= 11 is 0. The van der Waals surface area contributed by atoms with E-state index in [2.05, 4.69) is 20.3 Å². The van der Waals surface area contributed by atoms with E-state index in [1.165, 1.54) is 0 Å². The SMILES string of the molecule is Cn1c(=O)c2cc3ccccc3n2c2nc(Nc3cnn(CCN4CCOCC4)c3)ncc21. The Morgan fingerprint density at radius 3 is 2.79 bits per heavy atom. The Labute approximate surface area is 189 Å². The van der Waals surface area contributed by atoms with Gasteiger partial charge in [0.15, 0.2) is 5.65 Å². The lowest BCUT2D eigenvalue weighted by molar-refractivity contribution is 0.0360. The van der Waals surface area contributed by atoms with Crippen LogP contribution >= 0.6 is 0 Å². The molecule has 0 atom stereocenters. The average molecular weight is 444 g/mol. The van der Waals surface area contributed by atoms with E-state index in [4.69, 9.17) is 9.72 Å². The van der Waals surface area contributed by atoms with Crippen molar-refractivity contribution in [3.63, 3.8) is 0 Å². The lowest BCUT2D eigenvalue weighted by atomic mass is 10.2. The topological polar surface area (TPSA) is 94.5 Å². The highest BCUT2D eigenvalue weighted by molar-refractivity contribution is 5.92. The van der Waals surface area contributed by atoms with Crippen molar-refractivity contribution in [1.82, 2.24) is 33.6 Å². The molecule has 0 bridgehead atoms. The highest BCUT2D eigenvalue weighted by Crippen LogP contribution is 2.23. The Balaban J connectivity index is 1.32. The summed E-state index contributed by atoms with van der Waals surface area (Å²) in [5.41, 5.74) is 3.60. The zero-order chi connectivity index (χ0) is 22.4. The summed E-state index contributed by atoms with van der Waals surface area (Å²) in [4.78, 5) is 24.5. The van der Waals surface area contributed by atoms with Crippen LogP contribution in [0.15, 0.2) is 53.7 Å². The van der Waals surface area contributed by atoms with Gasteiger partial charge >= 0.3 is 0 Å². The molecular formula is C23H24N8O2. The molecular weight excluding hydrogens is 420 g/mol. The Bertz CT molecular complexity index is 1530. The number of rotatable bonds is 5. The summed E-state index contributed by atoms with van der Waals surface area (Å²) in [7, 11) is 1.75. The quantitative estimate of drug-likeness (QED) is 0.443.